The Labute approximate surface area is 130 Å². The van der Waals surface area contributed by atoms with Crippen molar-refractivity contribution in [3.63, 3.8) is 0 Å². The van der Waals surface area contributed by atoms with Crippen LogP contribution in [0.2, 0.25) is 0 Å². The Kier molecular flexibility index (Phi) is 6.75. The number of benzene rings is 1. The van der Waals surface area contributed by atoms with Crippen molar-refractivity contribution in [1.29, 1.82) is 0 Å². The number of carbonyl (C=O) groups excluding carboxylic acids is 2. The van der Waals surface area contributed by atoms with Gasteiger partial charge in [0, 0.05) is 17.4 Å². The highest BCUT2D eigenvalue weighted by Crippen LogP contribution is 2.20. The van der Waals surface area contributed by atoms with Crippen LogP contribution in [-0.2, 0) is 20.1 Å². The van der Waals surface area contributed by atoms with E-state index in [4.69, 9.17) is 4.74 Å². The number of amides is 1. The van der Waals surface area contributed by atoms with Crippen molar-refractivity contribution in [2.24, 2.45) is 5.92 Å². The molecule has 0 saturated carbocycles. The number of nitrogens with one attached hydrogen (secondary N) is 1. The molecule has 0 bridgehead atoms. The van der Waals surface area contributed by atoms with Crippen LogP contribution in [0.15, 0.2) is 30.3 Å². The molecule has 4 nitrogen and oxygen atoms in total. The summed E-state index contributed by atoms with van der Waals surface area (Å²) in [7, 11) is 1.34. The number of rotatable bonds is 7. The van der Waals surface area contributed by atoms with E-state index in [-0.39, 0.29) is 11.8 Å². The normalized spacial score (nSPS) is 13.6. The van der Waals surface area contributed by atoms with Crippen molar-refractivity contribution in [3.8, 4) is 0 Å². The Morgan fingerprint density at radius 3 is 2.43 bits per heavy atom. The molecule has 1 aromatic rings. The molecule has 0 fully saturated rings. The zero-order chi connectivity index (χ0) is 15.9. The van der Waals surface area contributed by atoms with Gasteiger partial charge in [-0.1, -0.05) is 44.2 Å². The summed E-state index contributed by atoms with van der Waals surface area (Å²) in [4.78, 5) is 23.9. The lowest BCUT2D eigenvalue weighted by Gasteiger charge is -2.28. The van der Waals surface area contributed by atoms with Gasteiger partial charge in [-0.3, -0.25) is 4.79 Å². The number of ether oxygens (including phenoxy) is 1. The second-order valence-corrected chi connectivity index (χ2v) is 6.43. The third-order valence-electron chi connectivity index (χ3n) is 3.06. The van der Waals surface area contributed by atoms with Gasteiger partial charge in [0.2, 0.25) is 5.91 Å². The summed E-state index contributed by atoms with van der Waals surface area (Å²) in [5, 5.41) is 2.80. The second kappa shape index (κ2) is 8.08. The SMILES string of the molecule is COC(=O)[C@](C)(CSCc1ccccc1)NC(=O)C(C)C. The van der Waals surface area contributed by atoms with E-state index >= 15 is 0 Å². The summed E-state index contributed by atoms with van der Waals surface area (Å²) in [6.07, 6.45) is 0. The number of esters is 1. The van der Waals surface area contributed by atoms with Crippen molar-refractivity contribution in [3.05, 3.63) is 35.9 Å². The van der Waals surface area contributed by atoms with Crippen LogP contribution in [0.25, 0.3) is 0 Å². The van der Waals surface area contributed by atoms with Gasteiger partial charge in [-0.15, -0.1) is 0 Å². The lowest BCUT2D eigenvalue weighted by atomic mass is 10.0. The van der Waals surface area contributed by atoms with E-state index in [0.717, 1.165) is 5.75 Å². The standard InChI is InChI=1S/C16H23NO3S/c1-12(2)14(18)17-16(3,15(19)20-4)11-21-10-13-8-6-5-7-9-13/h5-9,12H,10-11H2,1-4H3,(H,17,18)/t16-/m0/s1. The van der Waals surface area contributed by atoms with Crippen LogP contribution in [-0.4, -0.2) is 30.3 Å². The van der Waals surface area contributed by atoms with Gasteiger partial charge in [0.05, 0.1) is 7.11 Å². The summed E-state index contributed by atoms with van der Waals surface area (Å²) in [6, 6.07) is 10.0. The molecule has 1 amide bonds. The average molecular weight is 309 g/mol. The first-order chi connectivity index (χ1) is 9.89. The smallest absolute Gasteiger partial charge is 0.332 e. The lowest BCUT2D eigenvalue weighted by Crippen LogP contribution is -2.55. The van der Waals surface area contributed by atoms with Gasteiger partial charge in [-0.2, -0.15) is 11.8 Å². The minimum atomic E-state index is -1.00. The van der Waals surface area contributed by atoms with E-state index in [2.05, 4.69) is 5.32 Å². The number of methoxy groups -OCH3 is 1. The molecular formula is C16H23NO3S. The highest BCUT2D eigenvalue weighted by Gasteiger charge is 2.36. The Morgan fingerprint density at radius 1 is 1.29 bits per heavy atom. The van der Waals surface area contributed by atoms with Gasteiger partial charge in [0.15, 0.2) is 0 Å². The summed E-state index contributed by atoms with van der Waals surface area (Å²) in [5.41, 5.74) is 0.181. The highest BCUT2D eigenvalue weighted by molar-refractivity contribution is 7.98. The summed E-state index contributed by atoms with van der Waals surface area (Å²) >= 11 is 1.60. The van der Waals surface area contributed by atoms with Gasteiger partial charge in [-0.05, 0) is 12.5 Å². The zero-order valence-electron chi connectivity index (χ0n) is 13.0. The molecule has 0 aliphatic rings. The van der Waals surface area contributed by atoms with E-state index < -0.39 is 11.5 Å². The lowest BCUT2D eigenvalue weighted by molar-refractivity contribution is -0.149. The quantitative estimate of drug-likeness (QED) is 0.787. The van der Waals surface area contributed by atoms with Crippen LogP contribution in [0.1, 0.15) is 26.3 Å². The monoisotopic (exact) mass is 309 g/mol. The van der Waals surface area contributed by atoms with Crippen LogP contribution in [0.3, 0.4) is 0 Å². The van der Waals surface area contributed by atoms with Crippen molar-refractivity contribution in [2.45, 2.75) is 32.1 Å². The molecule has 1 atom stereocenters. The predicted octanol–water partition coefficient (Wildman–Crippen LogP) is 2.62. The molecule has 0 radical (unpaired) electrons. The molecule has 1 rings (SSSR count). The van der Waals surface area contributed by atoms with Crippen molar-refractivity contribution in [1.82, 2.24) is 5.32 Å². The summed E-state index contributed by atoms with van der Waals surface area (Å²) in [6.45, 7) is 5.30. The molecule has 5 heteroatoms. The van der Waals surface area contributed by atoms with Gasteiger partial charge < -0.3 is 10.1 Å². The van der Waals surface area contributed by atoms with Crippen LogP contribution >= 0.6 is 11.8 Å². The molecule has 0 spiro atoms. The van der Waals surface area contributed by atoms with Crippen LogP contribution in [0.5, 0.6) is 0 Å². The van der Waals surface area contributed by atoms with Gasteiger partial charge >= 0.3 is 5.97 Å². The molecule has 1 aromatic carbocycles. The molecule has 0 saturated heterocycles. The summed E-state index contributed by atoms with van der Waals surface area (Å²) in [5.74, 6) is 0.506. The molecule has 1 N–H and O–H groups in total. The molecule has 0 aliphatic heterocycles. The molecular weight excluding hydrogens is 286 g/mol. The fourth-order valence-corrected chi connectivity index (χ4v) is 2.86. The Morgan fingerprint density at radius 2 is 1.90 bits per heavy atom. The van der Waals surface area contributed by atoms with E-state index in [1.165, 1.54) is 12.7 Å². The van der Waals surface area contributed by atoms with E-state index in [1.54, 1.807) is 32.5 Å². The van der Waals surface area contributed by atoms with E-state index in [1.807, 2.05) is 30.3 Å². The zero-order valence-corrected chi connectivity index (χ0v) is 13.8. The minimum Gasteiger partial charge on any atom is -0.467 e. The van der Waals surface area contributed by atoms with E-state index in [0.29, 0.717) is 5.75 Å². The maximum absolute atomic E-state index is 12.0. The average Bonchev–Trinajstić information content (AvgIpc) is 2.47. The highest BCUT2D eigenvalue weighted by atomic mass is 32.2. The van der Waals surface area contributed by atoms with Crippen molar-refractivity contribution in [2.75, 3.05) is 12.9 Å². The van der Waals surface area contributed by atoms with Gasteiger partial charge in [0.1, 0.15) is 5.54 Å². The predicted molar refractivity (Wildman–Crippen MR) is 86.0 cm³/mol. The van der Waals surface area contributed by atoms with Crippen molar-refractivity contribution >= 4 is 23.6 Å². The third-order valence-corrected chi connectivity index (χ3v) is 4.38. The molecule has 0 unspecified atom stereocenters. The minimum absolute atomic E-state index is 0.150. The molecule has 21 heavy (non-hydrogen) atoms. The first kappa shape index (κ1) is 17.6. The van der Waals surface area contributed by atoms with Gasteiger partial charge in [0.25, 0.3) is 0 Å². The van der Waals surface area contributed by atoms with Crippen LogP contribution < -0.4 is 5.32 Å². The maximum atomic E-state index is 12.0. The van der Waals surface area contributed by atoms with Crippen molar-refractivity contribution < 1.29 is 14.3 Å². The first-order valence-corrected chi connectivity index (χ1v) is 8.06. The Hall–Kier alpha value is -1.49. The largest absolute Gasteiger partial charge is 0.467 e. The van der Waals surface area contributed by atoms with E-state index in [9.17, 15) is 9.59 Å². The Balaban J connectivity index is 2.65. The topological polar surface area (TPSA) is 55.4 Å². The van der Waals surface area contributed by atoms with Crippen LogP contribution in [0, 0.1) is 5.92 Å². The molecule has 0 aromatic heterocycles. The fraction of sp³-hybridized carbons (Fsp3) is 0.500. The number of hydrogen-bond acceptors (Lipinski definition) is 4. The summed E-state index contributed by atoms with van der Waals surface area (Å²) < 4.78 is 4.83. The molecule has 116 valence electrons. The number of carbonyl (C=O) groups is 2. The van der Waals surface area contributed by atoms with Crippen LogP contribution in [0.4, 0.5) is 0 Å². The number of hydrogen-bond donors (Lipinski definition) is 1. The Bertz CT molecular complexity index is 476. The maximum Gasteiger partial charge on any atom is 0.332 e. The number of thioether (sulfide) groups is 1. The molecule has 0 aliphatic carbocycles. The first-order valence-electron chi connectivity index (χ1n) is 6.91. The third kappa shape index (κ3) is 5.42. The fourth-order valence-electron chi connectivity index (χ4n) is 1.73. The van der Waals surface area contributed by atoms with Gasteiger partial charge in [-0.25, -0.2) is 4.79 Å². The second-order valence-electron chi connectivity index (χ2n) is 5.45. The molecule has 0 heterocycles.